The molecule has 1 saturated carbocycles. The van der Waals surface area contributed by atoms with E-state index in [1.807, 2.05) is 4.90 Å². The molecule has 2 aliphatic heterocycles. The van der Waals surface area contributed by atoms with Gasteiger partial charge in [0.25, 0.3) is 5.91 Å². The summed E-state index contributed by atoms with van der Waals surface area (Å²) in [5.74, 6) is 0.634. The number of benzene rings is 1. The second-order valence-electron chi connectivity index (χ2n) is 8.87. The maximum absolute atomic E-state index is 12.8. The maximum Gasteiger partial charge on any atom is 0.274 e. The number of hydrogen-bond donors (Lipinski definition) is 0. The Balaban J connectivity index is 1.31. The van der Waals surface area contributed by atoms with Crippen molar-refractivity contribution in [1.82, 2.24) is 20.0 Å². The van der Waals surface area contributed by atoms with E-state index in [9.17, 15) is 4.79 Å². The highest BCUT2D eigenvalue weighted by atomic mass is 16.2. The molecule has 5 rings (SSSR count). The van der Waals surface area contributed by atoms with Gasteiger partial charge >= 0.3 is 0 Å². The summed E-state index contributed by atoms with van der Waals surface area (Å²) in [6.07, 6.45) is 7.74. The van der Waals surface area contributed by atoms with E-state index in [0.29, 0.717) is 17.0 Å². The third kappa shape index (κ3) is 3.55. The van der Waals surface area contributed by atoms with Gasteiger partial charge in [-0.2, -0.15) is 5.10 Å². The lowest BCUT2D eigenvalue weighted by Crippen LogP contribution is -2.53. The molecule has 0 radical (unpaired) electrons. The Morgan fingerprint density at radius 3 is 2.50 bits per heavy atom. The minimum atomic E-state index is 0.0254. The van der Waals surface area contributed by atoms with Crippen molar-refractivity contribution < 1.29 is 4.79 Å². The fourth-order valence-electron chi connectivity index (χ4n) is 5.22. The monoisotopic (exact) mass is 376 g/mol. The molecule has 0 N–H and O–H groups in total. The molecule has 3 heterocycles. The number of rotatable bonds is 3. The van der Waals surface area contributed by atoms with Crippen molar-refractivity contribution in [2.24, 2.45) is 5.41 Å². The zero-order chi connectivity index (χ0) is 19.0. The number of piperidine rings is 2. The normalized spacial score (nSPS) is 25.0. The summed E-state index contributed by atoms with van der Waals surface area (Å²) in [6.45, 7) is 4.05. The zero-order valence-corrected chi connectivity index (χ0v) is 16.3. The molecule has 0 unspecified atom stereocenters. The Hall–Kier alpha value is -2.27. The molecule has 3 aliphatic rings. The zero-order valence-electron chi connectivity index (χ0n) is 16.3. The lowest BCUT2D eigenvalue weighted by atomic mass is 9.68. The first kappa shape index (κ1) is 17.8. The lowest BCUT2D eigenvalue weighted by molar-refractivity contribution is 0.0109. The van der Waals surface area contributed by atoms with Crippen molar-refractivity contribution in [2.75, 3.05) is 26.2 Å². The number of likely N-dealkylation sites (tertiary alicyclic amines) is 2. The Morgan fingerprint density at radius 2 is 1.82 bits per heavy atom. The van der Waals surface area contributed by atoms with Gasteiger partial charge in [-0.25, -0.2) is 0 Å². The van der Waals surface area contributed by atoms with Crippen LogP contribution in [-0.4, -0.2) is 58.1 Å². The van der Waals surface area contributed by atoms with Gasteiger partial charge in [-0.1, -0.05) is 30.3 Å². The van der Waals surface area contributed by atoms with Crippen molar-refractivity contribution >= 4 is 5.91 Å². The summed E-state index contributed by atoms with van der Waals surface area (Å²) in [4.78, 5) is 17.5. The smallest absolute Gasteiger partial charge is 0.274 e. The Kier molecular flexibility index (Phi) is 4.63. The molecule has 28 heavy (non-hydrogen) atoms. The minimum absolute atomic E-state index is 0.0254. The summed E-state index contributed by atoms with van der Waals surface area (Å²) < 4.78 is 0. The quantitative estimate of drug-likeness (QED) is 0.824. The molecule has 0 bridgehead atoms. The predicted molar refractivity (Wildman–Crippen MR) is 108 cm³/mol. The first-order chi connectivity index (χ1) is 13.7. The van der Waals surface area contributed by atoms with Gasteiger partial charge < -0.3 is 4.90 Å². The van der Waals surface area contributed by atoms with Crippen LogP contribution in [0, 0.1) is 5.41 Å². The molecule has 1 atom stereocenters. The average Bonchev–Trinajstić information content (AvgIpc) is 3.60. The standard InChI is InChI=1S/C23H28N4O/c28-22(21-7-4-12-24-25-21)26-13-10-23(11-14-26)15-19(18-5-2-1-3-6-18)16-27(17-23)20-8-9-20/h1-7,12,19-20H,8-11,13-17H2/t19-/m0/s1. The molecule has 1 aliphatic carbocycles. The number of nitrogens with zero attached hydrogens (tertiary/aromatic N) is 4. The summed E-state index contributed by atoms with van der Waals surface area (Å²) in [5.41, 5.74) is 2.27. The molecular weight excluding hydrogens is 348 g/mol. The largest absolute Gasteiger partial charge is 0.337 e. The van der Waals surface area contributed by atoms with E-state index < -0.39 is 0 Å². The highest BCUT2D eigenvalue weighted by Crippen LogP contribution is 2.47. The fraction of sp³-hybridized carbons (Fsp3) is 0.522. The van der Waals surface area contributed by atoms with Crippen molar-refractivity contribution in [3.05, 3.63) is 59.9 Å². The van der Waals surface area contributed by atoms with Crippen molar-refractivity contribution in [3.63, 3.8) is 0 Å². The molecule has 5 heteroatoms. The highest BCUT2D eigenvalue weighted by Gasteiger charge is 2.46. The summed E-state index contributed by atoms with van der Waals surface area (Å²) in [5, 5.41) is 7.86. The van der Waals surface area contributed by atoms with Crippen LogP contribution in [0.3, 0.4) is 0 Å². The number of aromatic nitrogens is 2. The second kappa shape index (κ2) is 7.28. The number of hydrogen-bond acceptors (Lipinski definition) is 4. The third-order valence-electron chi connectivity index (χ3n) is 6.91. The van der Waals surface area contributed by atoms with Gasteiger partial charge in [-0.05, 0) is 61.1 Å². The Bertz CT molecular complexity index is 813. The number of carbonyl (C=O) groups is 1. The van der Waals surface area contributed by atoms with Crippen LogP contribution in [0.5, 0.6) is 0 Å². The van der Waals surface area contributed by atoms with Gasteiger partial charge in [0.2, 0.25) is 0 Å². The molecule has 2 aromatic rings. The van der Waals surface area contributed by atoms with Gasteiger partial charge in [0.1, 0.15) is 0 Å². The lowest BCUT2D eigenvalue weighted by Gasteiger charge is -2.50. The number of amides is 1. The summed E-state index contributed by atoms with van der Waals surface area (Å²) in [6, 6.07) is 15.4. The molecule has 1 spiro atoms. The molecule has 3 fully saturated rings. The van der Waals surface area contributed by atoms with Gasteiger partial charge in [-0.15, -0.1) is 5.10 Å². The van der Waals surface area contributed by atoms with E-state index in [1.165, 1.54) is 37.9 Å². The molecular formula is C23H28N4O. The summed E-state index contributed by atoms with van der Waals surface area (Å²) >= 11 is 0. The van der Waals surface area contributed by atoms with Gasteiger partial charge in [0.15, 0.2) is 5.69 Å². The van der Waals surface area contributed by atoms with Gasteiger partial charge in [0, 0.05) is 38.4 Å². The highest BCUT2D eigenvalue weighted by molar-refractivity contribution is 5.92. The van der Waals surface area contributed by atoms with E-state index >= 15 is 0 Å². The van der Waals surface area contributed by atoms with Crippen LogP contribution in [0.2, 0.25) is 0 Å². The van der Waals surface area contributed by atoms with Crippen LogP contribution in [-0.2, 0) is 0 Å². The van der Waals surface area contributed by atoms with Crippen LogP contribution < -0.4 is 0 Å². The second-order valence-corrected chi connectivity index (χ2v) is 8.87. The molecule has 1 amide bonds. The third-order valence-corrected chi connectivity index (χ3v) is 6.91. The van der Waals surface area contributed by atoms with E-state index in [4.69, 9.17) is 0 Å². The molecule has 5 nitrogen and oxygen atoms in total. The van der Waals surface area contributed by atoms with Crippen LogP contribution in [0.25, 0.3) is 0 Å². The van der Waals surface area contributed by atoms with Gasteiger partial charge in [0.05, 0.1) is 0 Å². The van der Waals surface area contributed by atoms with Crippen LogP contribution in [0.4, 0.5) is 0 Å². The fourth-order valence-corrected chi connectivity index (χ4v) is 5.22. The van der Waals surface area contributed by atoms with E-state index in [-0.39, 0.29) is 5.91 Å². The maximum atomic E-state index is 12.8. The van der Waals surface area contributed by atoms with E-state index in [2.05, 4.69) is 45.4 Å². The first-order valence-corrected chi connectivity index (χ1v) is 10.6. The van der Waals surface area contributed by atoms with Crippen molar-refractivity contribution in [3.8, 4) is 0 Å². The summed E-state index contributed by atoms with van der Waals surface area (Å²) in [7, 11) is 0. The predicted octanol–water partition coefficient (Wildman–Crippen LogP) is 3.35. The van der Waals surface area contributed by atoms with Crippen LogP contribution in [0.1, 0.15) is 54.1 Å². The molecule has 2 saturated heterocycles. The van der Waals surface area contributed by atoms with E-state index in [0.717, 1.165) is 32.0 Å². The Labute approximate surface area is 166 Å². The molecule has 1 aromatic heterocycles. The van der Waals surface area contributed by atoms with E-state index in [1.54, 1.807) is 18.3 Å². The molecule has 1 aromatic carbocycles. The first-order valence-electron chi connectivity index (χ1n) is 10.6. The van der Waals surface area contributed by atoms with Crippen molar-refractivity contribution in [2.45, 2.75) is 44.1 Å². The molecule has 146 valence electrons. The SMILES string of the molecule is O=C(c1cccnn1)N1CCC2(CC1)C[C@H](c1ccccc1)CN(C1CC1)C2. The van der Waals surface area contributed by atoms with Crippen LogP contribution >= 0.6 is 0 Å². The Morgan fingerprint density at radius 1 is 1.04 bits per heavy atom. The minimum Gasteiger partial charge on any atom is -0.337 e. The average molecular weight is 377 g/mol. The van der Waals surface area contributed by atoms with Gasteiger partial charge in [-0.3, -0.25) is 9.69 Å². The van der Waals surface area contributed by atoms with Crippen molar-refractivity contribution in [1.29, 1.82) is 0 Å². The number of carbonyl (C=O) groups excluding carboxylic acids is 1. The topological polar surface area (TPSA) is 49.3 Å². The van der Waals surface area contributed by atoms with Crippen LogP contribution in [0.15, 0.2) is 48.7 Å².